The van der Waals surface area contributed by atoms with E-state index in [4.69, 9.17) is 16.6 Å². The third-order valence-corrected chi connectivity index (χ3v) is 5.03. The van der Waals surface area contributed by atoms with Gasteiger partial charge in [-0.15, -0.1) is 0 Å². The van der Waals surface area contributed by atoms with Crippen LogP contribution < -0.4 is 0 Å². The lowest BCUT2D eigenvalue weighted by Gasteiger charge is -2.10. The molecule has 5 rings (SSSR count). The molecule has 0 unspecified atom stereocenters. The summed E-state index contributed by atoms with van der Waals surface area (Å²) in [5.41, 5.74) is 6.08. The monoisotopic (exact) mass is 354 g/mol. The Bertz CT molecular complexity index is 1240. The van der Waals surface area contributed by atoms with Crippen LogP contribution in [-0.2, 0) is 0 Å². The van der Waals surface area contributed by atoms with Gasteiger partial charge in [-0.05, 0) is 23.8 Å². The van der Waals surface area contributed by atoms with Gasteiger partial charge in [-0.2, -0.15) is 0 Å². The number of halogens is 1. The second-order valence-electron chi connectivity index (χ2n) is 6.30. The minimum atomic E-state index is 0.740. The molecule has 0 bridgehead atoms. The summed E-state index contributed by atoms with van der Waals surface area (Å²) >= 11 is 6.55. The number of hydrogen-bond donors (Lipinski definition) is 1. The van der Waals surface area contributed by atoms with Crippen LogP contribution in [0.4, 0.5) is 0 Å². The van der Waals surface area contributed by atoms with E-state index in [-0.39, 0.29) is 0 Å². The van der Waals surface area contributed by atoms with E-state index in [1.807, 2.05) is 42.5 Å². The molecule has 3 aromatic carbocycles. The summed E-state index contributed by atoms with van der Waals surface area (Å²) in [6, 6.07) is 28.6. The maximum Gasteiger partial charge on any atom is 0.139 e. The van der Waals surface area contributed by atoms with Gasteiger partial charge in [-0.25, -0.2) is 4.98 Å². The molecule has 0 radical (unpaired) electrons. The van der Waals surface area contributed by atoms with Crippen LogP contribution in [0, 0.1) is 0 Å². The first-order valence-electron chi connectivity index (χ1n) is 8.53. The van der Waals surface area contributed by atoms with Crippen molar-refractivity contribution in [2.45, 2.75) is 0 Å². The number of nitrogens with zero attached hydrogens (tertiary/aromatic N) is 1. The fourth-order valence-electron chi connectivity index (χ4n) is 3.49. The van der Waals surface area contributed by atoms with Crippen LogP contribution in [0.15, 0.2) is 84.9 Å². The predicted octanol–water partition coefficient (Wildman–Crippen LogP) is 6.70. The van der Waals surface area contributed by atoms with Crippen LogP contribution >= 0.6 is 11.6 Å². The van der Waals surface area contributed by atoms with E-state index in [9.17, 15) is 0 Å². The van der Waals surface area contributed by atoms with Gasteiger partial charge in [0.1, 0.15) is 5.65 Å². The normalized spacial score (nSPS) is 11.3. The Morgan fingerprint density at radius 1 is 0.731 bits per heavy atom. The lowest BCUT2D eigenvalue weighted by molar-refractivity contribution is 1.34. The van der Waals surface area contributed by atoms with Crippen LogP contribution in [0.25, 0.3) is 44.3 Å². The van der Waals surface area contributed by atoms with Crippen molar-refractivity contribution in [3.05, 3.63) is 90.0 Å². The lowest BCUT2D eigenvalue weighted by atomic mass is 9.98. The zero-order chi connectivity index (χ0) is 17.5. The van der Waals surface area contributed by atoms with Crippen molar-refractivity contribution in [3.8, 4) is 22.4 Å². The molecule has 0 aliphatic heterocycles. The topological polar surface area (TPSA) is 28.7 Å². The van der Waals surface area contributed by atoms with Gasteiger partial charge < -0.3 is 4.98 Å². The standard InChI is InChI=1S/C23H15ClN2/c24-19-12-6-4-10-16(19)18-14-21(15-8-2-1-3-9-15)26-23-22(18)17-11-5-7-13-20(17)25-23/h1-14H,(H,25,26). The Labute approximate surface area is 156 Å². The van der Waals surface area contributed by atoms with Gasteiger partial charge in [0.15, 0.2) is 0 Å². The Balaban J connectivity index is 1.92. The van der Waals surface area contributed by atoms with Crippen LogP contribution in [0.3, 0.4) is 0 Å². The van der Waals surface area contributed by atoms with Crippen molar-refractivity contribution in [1.82, 2.24) is 9.97 Å². The van der Waals surface area contributed by atoms with Gasteiger partial charge in [-0.3, -0.25) is 0 Å². The van der Waals surface area contributed by atoms with Gasteiger partial charge in [0.05, 0.1) is 5.69 Å². The van der Waals surface area contributed by atoms with E-state index in [1.165, 1.54) is 0 Å². The molecule has 0 aliphatic rings. The molecular weight excluding hydrogens is 340 g/mol. The quantitative estimate of drug-likeness (QED) is 0.375. The number of fused-ring (bicyclic) bond motifs is 3. The van der Waals surface area contributed by atoms with Crippen molar-refractivity contribution < 1.29 is 0 Å². The molecule has 124 valence electrons. The molecule has 0 saturated heterocycles. The predicted molar refractivity (Wildman–Crippen MR) is 109 cm³/mol. The summed E-state index contributed by atoms with van der Waals surface area (Å²) in [5, 5.41) is 3.00. The van der Waals surface area contributed by atoms with E-state index in [0.717, 1.165) is 49.3 Å². The van der Waals surface area contributed by atoms with Gasteiger partial charge in [-0.1, -0.05) is 78.3 Å². The maximum absolute atomic E-state index is 6.55. The molecule has 1 N–H and O–H groups in total. The zero-order valence-corrected chi connectivity index (χ0v) is 14.7. The highest BCUT2D eigenvalue weighted by molar-refractivity contribution is 6.34. The van der Waals surface area contributed by atoms with E-state index in [0.29, 0.717) is 0 Å². The zero-order valence-electron chi connectivity index (χ0n) is 13.9. The number of aromatic nitrogens is 2. The third-order valence-electron chi connectivity index (χ3n) is 4.70. The van der Waals surface area contributed by atoms with E-state index in [2.05, 4.69) is 47.4 Å². The first-order chi connectivity index (χ1) is 12.8. The van der Waals surface area contributed by atoms with Gasteiger partial charge in [0.25, 0.3) is 0 Å². The summed E-state index contributed by atoms with van der Waals surface area (Å²) in [5.74, 6) is 0. The average molecular weight is 355 g/mol. The van der Waals surface area contributed by atoms with Crippen molar-refractivity contribution in [2.24, 2.45) is 0 Å². The highest BCUT2D eigenvalue weighted by atomic mass is 35.5. The minimum Gasteiger partial charge on any atom is -0.339 e. The van der Waals surface area contributed by atoms with Crippen LogP contribution in [0.2, 0.25) is 5.02 Å². The third kappa shape index (κ3) is 2.39. The van der Waals surface area contributed by atoms with Gasteiger partial charge in [0.2, 0.25) is 0 Å². The fourth-order valence-corrected chi connectivity index (χ4v) is 3.73. The number of nitrogens with one attached hydrogen (secondary N) is 1. The van der Waals surface area contributed by atoms with Crippen LogP contribution in [0.1, 0.15) is 0 Å². The van der Waals surface area contributed by atoms with Crippen molar-refractivity contribution in [3.63, 3.8) is 0 Å². The molecular formula is C23H15ClN2. The Kier molecular flexibility index (Phi) is 3.51. The van der Waals surface area contributed by atoms with Crippen molar-refractivity contribution >= 4 is 33.5 Å². The second-order valence-corrected chi connectivity index (χ2v) is 6.70. The smallest absolute Gasteiger partial charge is 0.139 e. The van der Waals surface area contributed by atoms with Crippen molar-refractivity contribution in [1.29, 1.82) is 0 Å². The molecule has 0 spiro atoms. The first-order valence-corrected chi connectivity index (χ1v) is 8.91. The largest absolute Gasteiger partial charge is 0.339 e. The number of H-pyrrole nitrogens is 1. The number of benzene rings is 3. The van der Waals surface area contributed by atoms with E-state index in [1.54, 1.807) is 0 Å². The van der Waals surface area contributed by atoms with Crippen LogP contribution in [0.5, 0.6) is 0 Å². The van der Waals surface area contributed by atoms with Gasteiger partial charge >= 0.3 is 0 Å². The summed E-state index contributed by atoms with van der Waals surface area (Å²) in [6.45, 7) is 0. The van der Waals surface area contributed by atoms with Crippen LogP contribution in [-0.4, -0.2) is 9.97 Å². The molecule has 2 aromatic heterocycles. The summed E-state index contributed by atoms with van der Waals surface area (Å²) < 4.78 is 0. The lowest BCUT2D eigenvalue weighted by Crippen LogP contribution is -1.89. The maximum atomic E-state index is 6.55. The highest BCUT2D eigenvalue weighted by Crippen LogP contribution is 2.38. The molecule has 0 fully saturated rings. The molecule has 0 aliphatic carbocycles. The first kappa shape index (κ1) is 15.2. The molecule has 0 atom stereocenters. The highest BCUT2D eigenvalue weighted by Gasteiger charge is 2.15. The molecule has 5 aromatic rings. The van der Waals surface area contributed by atoms with Crippen molar-refractivity contribution in [2.75, 3.05) is 0 Å². The fraction of sp³-hybridized carbons (Fsp3) is 0. The number of aromatic amines is 1. The molecule has 2 heterocycles. The van der Waals surface area contributed by atoms with E-state index < -0.39 is 0 Å². The number of pyridine rings is 1. The molecule has 2 nitrogen and oxygen atoms in total. The Hall–Kier alpha value is -3.10. The molecule has 26 heavy (non-hydrogen) atoms. The summed E-state index contributed by atoms with van der Waals surface area (Å²) in [4.78, 5) is 8.36. The molecule has 0 amide bonds. The number of para-hydroxylation sites is 1. The number of hydrogen-bond acceptors (Lipinski definition) is 1. The Morgan fingerprint density at radius 3 is 2.31 bits per heavy atom. The summed E-state index contributed by atoms with van der Waals surface area (Å²) in [7, 11) is 0. The van der Waals surface area contributed by atoms with Gasteiger partial charge in [0, 0.05) is 32.4 Å². The number of rotatable bonds is 2. The average Bonchev–Trinajstić information content (AvgIpc) is 3.07. The minimum absolute atomic E-state index is 0.740. The Morgan fingerprint density at radius 2 is 1.46 bits per heavy atom. The molecule has 0 saturated carbocycles. The second kappa shape index (κ2) is 6.01. The summed E-state index contributed by atoms with van der Waals surface area (Å²) in [6.07, 6.45) is 0. The SMILES string of the molecule is Clc1ccccc1-c1cc(-c2ccccc2)nc2[nH]c3ccccc3c12. The molecule has 3 heteroatoms. The van der Waals surface area contributed by atoms with E-state index >= 15 is 0 Å².